The molecule has 1 amide bonds. The molecule has 2 aliphatic rings. The van der Waals surface area contributed by atoms with Gasteiger partial charge in [0.2, 0.25) is 0 Å². The summed E-state index contributed by atoms with van der Waals surface area (Å²) in [5, 5.41) is 10.6. The first-order chi connectivity index (χ1) is 12.1. The Balaban J connectivity index is 1.42. The van der Waals surface area contributed by atoms with Crippen molar-refractivity contribution in [2.24, 2.45) is 7.05 Å². The number of fused-ring (bicyclic) bond motifs is 2. The number of hydrogen-bond donors (Lipinski definition) is 1. The van der Waals surface area contributed by atoms with Crippen LogP contribution in [0, 0.1) is 0 Å². The number of rotatable bonds is 1. The van der Waals surface area contributed by atoms with E-state index in [0.717, 1.165) is 5.65 Å². The Morgan fingerprint density at radius 1 is 1.36 bits per heavy atom. The second kappa shape index (κ2) is 4.82. The monoisotopic (exact) mass is 343 g/mol. The van der Waals surface area contributed by atoms with Gasteiger partial charge in [0.05, 0.1) is 19.3 Å². The van der Waals surface area contributed by atoms with Crippen molar-refractivity contribution < 1.29 is 9.53 Å². The van der Waals surface area contributed by atoms with E-state index in [9.17, 15) is 9.59 Å². The lowest BCUT2D eigenvalue weighted by atomic mass is 10.0. The van der Waals surface area contributed by atoms with Crippen LogP contribution in [0.2, 0.25) is 0 Å². The molecule has 1 fully saturated rings. The fourth-order valence-electron chi connectivity index (χ4n) is 3.81. The Morgan fingerprint density at radius 2 is 2.24 bits per heavy atom. The SMILES string of the molecule is Cn1ccn2ncc(C(=O)N3CCC4(C3)Cn3c(n[nH]c3=O)CO4)c12. The summed E-state index contributed by atoms with van der Waals surface area (Å²) in [7, 11) is 1.89. The number of carbonyl (C=O) groups is 1. The minimum atomic E-state index is -0.531. The highest BCUT2D eigenvalue weighted by Gasteiger charge is 2.45. The first kappa shape index (κ1) is 14.5. The summed E-state index contributed by atoms with van der Waals surface area (Å²) in [4.78, 5) is 26.6. The van der Waals surface area contributed by atoms with E-state index in [1.165, 1.54) is 0 Å². The van der Waals surface area contributed by atoms with Crippen molar-refractivity contribution in [3.63, 3.8) is 0 Å². The van der Waals surface area contributed by atoms with Crippen molar-refractivity contribution in [2.75, 3.05) is 13.1 Å². The molecule has 0 aromatic carbocycles. The lowest BCUT2D eigenvalue weighted by Crippen LogP contribution is -2.47. The normalized spacial score (nSPS) is 22.8. The van der Waals surface area contributed by atoms with Crippen molar-refractivity contribution in [2.45, 2.75) is 25.2 Å². The van der Waals surface area contributed by atoms with Crippen molar-refractivity contribution in [3.05, 3.63) is 40.5 Å². The number of nitrogens with zero attached hydrogens (tertiary/aromatic N) is 6. The predicted octanol–water partition coefficient (Wildman–Crippen LogP) is -0.627. The molecule has 0 saturated carbocycles. The Kier molecular flexibility index (Phi) is 2.79. The van der Waals surface area contributed by atoms with E-state index in [1.807, 2.05) is 24.0 Å². The van der Waals surface area contributed by atoms with E-state index in [4.69, 9.17) is 4.74 Å². The number of H-pyrrole nitrogens is 1. The zero-order valence-corrected chi connectivity index (χ0v) is 13.7. The van der Waals surface area contributed by atoms with Crippen LogP contribution >= 0.6 is 0 Å². The second-order valence-electron chi connectivity index (χ2n) is 6.71. The topological polar surface area (TPSA) is 102 Å². The first-order valence-electron chi connectivity index (χ1n) is 8.12. The molecule has 2 aliphatic heterocycles. The number of amides is 1. The molecule has 3 aromatic rings. The molecule has 1 spiro atoms. The molecule has 0 bridgehead atoms. The van der Waals surface area contributed by atoms with Gasteiger partial charge in [0.1, 0.15) is 23.4 Å². The van der Waals surface area contributed by atoms with Crippen LogP contribution in [-0.2, 0) is 24.9 Å². The summed E-state index contributed by atoms with van der Waals surface area (Å²) in [5.74, 6) is 0.533. The minimum Gasteiger partial charge on any atom is -0.363 e. The largest absolute Gasteiger partial charge is 0.363 e. The third-order valence-corrected chi connectivity index (χ3v) is 5.16. The van der Waals surface area contributed by atoms with E-state index in [0.29, 0.717) is 37.4 Å². The molecule has 3 aromatic heterocycles. The van der Waals surface area contributed by atoms with E-state index in [2.05, 4.69) is 15.3 Å². The maximum atomic E-state index is 13.0. The third-order valence-electron chi connectivity index (χ3n) is 5.16. The molecule has 1 unspecified atom stereocenters. The van der Waals surface area contributed by atoms with E-state index < -0.39 is 5.60 Å². The van der Waals surface area contributed by atoms with Crippen LogP contribution in [0.15, 0.2) is 23.4 Å². The van der Waals surface area contributed by atoms with Gasteiger partial charge in [-0.05, 0) is 6.42 Å². The number of aromatic amines is 1. The number of imidazole rings is 1. The van der Waals surface area contributed by atoms with Crippen LogP contribution in [0.1, 0.15) is 22.6 Å². The fraction of sp³-hybridized carbons (Fsp3) is 0.467. The summed E-state index contributed by atoms with van der Waals surface area (Å²) >= 11 is 0. The van der Waals surface area contributed by atoms with Gasteiger partial charge in [0, 0.05) is 26.0 Å². The quantitative estimate of drug-likeness (QED) is 0.634. The zero-order chi connectivity index (χ0) is 17.2. The van der Waals surface area contributed by atoms with Crippen molar-refractivity contribution >= 4 is 11.6 Å². The molecule has 25 heavy (non-hydrogen) atoms. The molecule has 0 radical (unpaired) electrons. The summed E-state index contributed by atoms with van der Waals surface area (Å²) in [6.07, 6.45) is 5.97. The van der Waals surface area contributed by atoms with Crippen LogP contribution in [0.3, 0.4) is 0 Å². The third kappa shape index (κ3) is 2.00. The number of aryl methyl sites for hydroxylation is 1. The standard InChI is InChI=1S/C15H17N7O3/c1-19-4-5-22-12(19)10(6-16-22)13(23)20-3-2-15(8-20)9-21-11(7-25-15)17-18-14(21)24/h4-6H,2-3,7-9H2,1H3,(H,18,24). The molecule has 130 valence electrons. The van der Waals surface area contributed by atoms with E-state index >= 15 is 0 Å². The van der Waals surface area contributed by atoms with Gasteiger partial charge in [-0.1, -0.05) is 0 Å². The van der Waals surface area contributed by atoms with Crippen molar-refractivity contribution in [3.8, 4) is 0 Å². The summed E-state index contributed by atoms with van der Waals surface area (Å²) in [6.45, 7) is 1.72. The number of ether oxygens (including phenoxy) is 1. The molecule has 10 nitrogen and oxygen atoms in total. The fourth-order valence-corrected chi connectivity index (χ4v) is 3.81. The smallest absolute Gasteiger partial charge is 0.343 e. The van der Waals surface area contributed by atoms with Crippen LogP contribution in [0.4, 0.5) is 0 Å². The number of carbonyl (C=O) groups excluding carboxylic acids is 1. The van der Waals surface area contributed by atoms with Gasteiger partial charge in [0.15, 0.2) is 5.82 Å². The van der Waals surface area contributed by atoms with Crippen molar-refractivity contribution in [1.29, 1.82) is 0 Å². The predicted molar refractivity (Wildman–Crippen MR) is 85.1 cm³/mol. The molecule has 0 aliphatic carbocycles. The molecule has 1 saturated heterocycles. The van der Waals surface area contributed by atoms with Crippen LogP contribution in [-0.4, -0.2) is 58.4 Å². The van der Waals surface area contributed by atoms with Crippen LogP contribution < -0.4 is 5.69 Å². The number of nitrogens with one attached hydrogen (secondary N) is 1. The van der Waals surface area contributed by atoms with E-state index in [-0.39, 0.29) is 18.2 Å². The Labute approximate surface area is 141 Å². The Hall–Kier alpha value is -2.88. The van der Waals surface area contributed by atoms with Gasteiger partial charge < -0.3 is 14.2 Å². The van der Waals surface area contributed by atoms with Crippen LogP contribution in [0.25, 0.3) is 5.65 Å². The average Bonchev–Trinajstić information content (AvgIpc) is 3.35. The van der Waals surface area contributed by atoms with Gasteiger partial charge in [-0.15, -0.1) is 0 Å². The lowest BCUT2D eigenvalue weighted by molar-refractivity contribution is -0.0816. The minimum absolute atomic E-state index is 0.0670. The maximum absolute atomic E-state index is 13.0. The number of aromatic nitrogens is 6. The summed E-state index contributed by atoms with van der Waals surface area (Å²) < 4.78 is 11.2. The molecule has 1 atom stereocenters. The highest BCUT2D eigenvalue weighted by Crippen LogP contribution is 2.32. The molecule has 1 N–H and O–H groups in total. The van der Waals surface area contributed by atoms with Gasteiger partial charge in [-0.2, -0.15) is 10.2 Å². The maximum Gasteiger partial charge on any atom is 0.343 e. The first-order valence-corrected chi connectivity index (χ1v) is 8.12. The lowest BCUT2D eigenvalue weighted by Gasteiger charge is -2.33. The number of likely N-dealkylation sites (tertiary alicyclic amines) is 1. The Morgan fingerprint density at radius 3 is 3.12 bits per heavy atom. The van der Waals surface area contributed by atoms with Gasteiger partial charge >= 0.3 is 5.69 Å². The van der Waals surface area contributed by atoms with Crippen LogP contribution in [0.5, 0.6) is 0 Å². The highest BCUT2D eigenvalue weighted by atomic mass is 16.5. The van der Waals surface area contributed by atoms with Crippen molar-refractivity contribution in [1.82, 2.24) is 33.8 Å². The number of hydrogen-bond acceptors (Lipinski definition) is 5. The summed E-state index contributed by atoms with van der Waals surface area (Å²) in [5.41, 5.74) is 0.576. The van der Waals surface area contributed by atoms with Gasteiger partial charge in [-0.25, -0.2) is 14.4 Å². The second-order valence-corrected chi connectivity index (χ2v) is 6.71. The molecular formula is C15H17N7O3. The Bertz CT molecular complexity index is 1040. The van der Waals surface area contributed by atoms with Gasteiger partial charge in [0.25, 0.3) is 5.91 Å². The average molecular weight is 343 g/mol. The molecular weight excluding hydrogens is 326 g/mol. The van der Waals surface area contributed by atoms with Gasteiger partial charge in [-0.3, -0.25) is 9.36 Å². The van der Waals surface area contributed by atoms with E-state index in [1.54, 1.807) is 20.2 Å². The zero-order valence-electron chi connectivity index (χ0n) is 13.7. The molecule has 5 rings (SSSR count). The molecule has 5 heterocycles. The summed E-state index contributed by atoms with van der Waals surface area (Å²) in [6, 6.07) is 0. The highest BCUT2D eigenvalue weighted by molar-refractivity contribution is 6.00. The molecule has 10 heteroatoms.